The van der Waals surface area contributed by atoms with E-state index in [0.29, 0.717) is 0 Å². The Hall–Kier alpha value is -0.260. The first kappa shape index (κ1) is 11.5. The molecule has 0 bridgehead atoms. The molecule has 0 spiro atoms. The van der Waals surface area contributed by atoms with E-state index in [2.05, 4.69) is 0 Å². The number of nitriles is 1. The summed E-state index contributed by atoms with van der Waals surface area (Å²) in [6.07, 6.45) is 0. The van der Waals surface area contributed by atoms with Gasteiger partial charge in [0.2, 0.25) is 0 Å². The Morgan fingerprint density at radius 2 is 1.89 bits per heavy atom. The van der Waals surface area contributed by atoms with E-state index >= 15 is 0 Å². The van der Waals surface area contributed by atoms with Crippen LogP contribution in [0.1, 0.15) is 20.8 Å². The molecule has 3 heteroatoms. The maximum Gasteiger partial charge on any atom is 0.103 e. The van der Waals surface area contributed by atoms with Gasteiger partial charge in [0.05, 0.1) is 6.07 Å². The molecule has 0 aliphatic heterocycles. The predicted molar refractivity (Wildman–Crippen MR) is 40.3 cm³/mol. The molecular formula is C6H13ClN2. The maximum atomic E-state index is 8.39. The molecule has 0 aliphatic carbocycles. The summed E-state index contributed by atoms with van der Waals surface area (Å²) >= 11 is 0. The zero-order chi connectivity index (χ0) is 6.78. The highest BCUT2D eigenvalue weighted by Gasteiger charge is 2.21. The molecule has 54 valence electrons. The Kier molecular flexibility index (Phi) is 4.75. The van der Waals surface area contributed by atoms with Crippen LogP contribution in [0.3, 0.4) is 0 Å². The van der Waals surface area contributed by atoms with E-state index in [-0.39, 0.29) is 18.3 Å². The summed E-state index contributed by atoms with van der Waals surface area (Å²) in [5.41, 5.74) is 4.84. The van der Waals surface area contributed by atoms with Crippen LogP contribution in [-0.4, -0.2) is 5.54 Å². The van der Waals surface area contributed by atoms with Crippen molar-refractivity contribution in [1.82, 2.24) is 0 Å². The van der Waals surface area contributed by atoms with E-state index in [4.69, 9.17) is 11.0 Å². The molecule has 0 aliphatic rings. The second-order valence-corrected chi connectivity index (χ2v) is 2.55. The van der Waals surface area contributed by atoms with Crippen molar-refractivity contribution in [2.45, 2.75) is 26.3 Å². The van der Waals surface area contributed by atoms with E-state index in [1.165, 1.54) is 0 Å². The smallest absolute Gasteiger partial charge is 0.103 e. The lowest BCUT2D eigenvalue weighted by Crippen LogP contribution is -2.39. The molecular weight excluding hydrogens is 136 g/mol. The van der Waals surface area contributed by atoms with Gasteiger partial charge in [-0.1, -0.05) is 13.8 Å². The fourth-order valence-electron chi connectivity index (χ4n) is 0.129. The first-order valence-electron chi connectivity index (χ1n) is 2.71. The molecule has 0 saturated heterocycles. The summed E-state index contributed by atoms with van der Waals surface area (Å²) in [6.45, 7) is 5.60. The molecule has 2 N–H and O–H groups in total. The number of nitrogens with zero attached hydrogens (tertiary/aromatic N) is 1. The van der Waals surface area contributed by atoms with Crippen LogP contribution in [0.15, 0.2) is 0 Å². The predicted octanol–water partition coefficient (Wildman–Crippen LogP) is 1.31. The summed E-state index contributed by atoms with van der Waals surface area (Å²) in [5.74, 6) is 0.229. The van der Waals surface area contributed by atoms with Crippen molar-refractivity contribution in [2.24, 2.45) is 11.7 Å². The van der Waals surface area contributed by atoms with Crippen molar-refractivity contribution in [3.05, 3.63) is 0 Å². The number of nitrogens with two attached hydrogens (primary N) is 1. The number of hydrogen-bond donors (Lipinski definition) is 1. The van der Waals surface area contributed by atoms with Gasteiger partial charge < -0.3 is 5.73 Å². The highest BCUT2D eigenvalue weighted by molar-refractivity contribution is 5.85. The minimum Gasteiger partial charge on any atom is -0.313 e. The number of halogens is 1. The Bertz CT molecular complexity index is 113. The molecule has 0 amide bonds. The van der Waals surface area contributed by atoms with Crippen LogP contribution in [0.25, 0.3) is 0 Å². The molecule has 0 saturated carbocycles. The van der Waals surface area contributed by atoms with Crippen LogP contribution in [0.2, 0.25) is 0 Å². The highest BCUT2D eigenvalue weighted by atomic mass is 35.5. The SMILES string of the molecule is CC(C)C(C)(N)C#N.Cl. The average molecular weight is 149 g/mol. The van der Waals surface area contributed by atoms with Crippen LogP contribution in [-0.2, 0) is 0 Å². The fourth-order valence-corrected chi connectivity index (χ4v) is 0.129. The Labute approximate surface area is 62.4 Å². The molecule has 0 aromatic rings. The van der Waals surface area contributed by atoms with Crippen LogP contribution in [0, 0.1) is 17.2 Å². The zero-order valence-corrected chi connectivity index (χ0v) is 6.83. The second kappa shape index (κ2) is 3.71. The van der Waals surface area contributed by atoms with Gasteiger partial charge in [0, 0.05) is 0 Å². The van der Waals surface area contributed by atoms with Gasteiger partial charge in [-0.05, 0) is 12.8 Å². The molecule has 0 fully saturated rings. The summed E-state index contributed by atoms with van der Waals surface area (Å²) in [7, 11) is 0. The molecule has 0 aromatic heterocycles. The van der Waals surface area contributed by atoms with E-state index in [9.17, 15) is 0 Å². The van der Waals surface area contributed by atoms with Crippen molar-refractivity contribution < 1.29 is 0 Å². The van der Waals surface area contributed by atoms with Crippen molar-refractivity contribution in [3.8, 4) is 6.07 Å². The average Bonchev–Trinajstić information content (AvgIpc) is 1.67. The summed E-state index contributed by atoms with van der Waals surface area (Å²) in [5, 5.41) is 8.39. The van der Waals surface area contributed by atoms with Gasteiger partial charge in [-0.15, -0.1) is 12.4 Å². The monoisotopic (exact) mass is 148 g/mol. The molecule has 0 rings (SSSR count). The van der Waals surface area contributed by atoms with Crippen LogP contribution in [0.5, 0.6) is 0 Å². The minimum atomic E-state index is -0.653. The highest BCUT2D eigenvalue weighted by Crippen LogP contribution is 2.09. The van der Waals surface area contributed by atoms with Crippen LogP contribution < -0.4 is 5.73 Å². The van der Waals surface area contributed by atoms with Crippen molar-refractivity contribution in [1.29, 1.82) is 5.26 Å². The van der Waals surface area contributed by atoms with Gasteiger partial charge in [0.1, 0.15) is 5.54 Å². The van der Waals surface area contributed by atoms with Gasteiger partial charge in [-0.2, -0.15) is 5.26 Å². The van der Waals surface area contributed by atoms with Gasteiger partial charge in [-0.3, -0.25) is 0 Å². The lowest BCUT2D eigenvalue weighted by molar-refractivity contribution is 0.430. The third-order valence-corrected chi connectivity index (χ3v) is 1.44. The quantitative estimate of drug-likeness (QED) is 0.610. The summed E-state index contributed by atoms with van der Waals surface area (Å²) in [4.78, 5) is 0. The zero-order valence-electron chi connectivity index (χ0n) is 6.01. The van der Waals surface area contributed by atoms with E-state index in [1.807, 2.05) is 19.9 Å². The van der Waals surface area contributed by atoms with Crippen LogP contribution >= 0.6 is 12.4 Å². The molecule has 2 nitrogen and oxygen atoms in total. The van der Waals surface area contributed by atoms with Crippen LogP contribution in [0.4, 0.5) is 0 Å². The summed E-state index contributed by atoms with van der Waals surface area (Å²) < 4.78 is 0. The first-order valence-corrected chi connectivity index (χ1v) is 2.71. The van der Waals surface area contributed by atoms with Crippen molar-refractivity contribution in [2.75, 3.05) is 0 Å². The molecule has 0 aromatic carbocycles. The Morgan fingerprint density at radius 3 is 1.89 bits per heavy atom. The van der Waals surface area contributed by atoms with Gasteiger partial charge in [-0.25, -0.2) is 0 Å². The van der Waals surface area contributed by atoms with E-state index in [0.717, 1.165) is 0 Å². The maximum absolute atomic E-state index is 8.39. The van der Waals surface area contributed by atoms with Gasteiger partial charge in [0.25, 0.3) is 0 Å². The van der Waals surface area contributed by atoms with Crippen molar-refractivity contribution >= 4 is 12.4 Å². The van der Waals surface area contributed by atoms with E-state index in [1.54, 1.807) is 6.92 Å². The Morgan fingerprint density at radius 1 is 1.56 bits per heavy atom. The second-order valence-electron chi connectivity index (χ2n) is 2.55. The number of hydrogen-bond acceptors (Lipinski definition) is 2. The lowest BCUT2D eigenvalue weighted by Gasteiger charge is -2.18. The topological polar surface area (TPSA) is 49.8 Å². The minimum absolute atomic E-state index is 0. The van der Waals surface area contributed by atoms with Gasteiger partial charge in [0.15, 0.2) is 0 Å². The first-order chi connectivity index (χ1) is 3.50. The largest absolute Gasteiger partial charge is 0.313 e. The Balaban J connectivity index is 0. The normalized spacial score (nSPS) is 15.6. The van der Waals surface area contributed by atoms with Gasteiger partial charge >= 0.3 is 0 Å². The molecule has 1 atom stereocenters. The third kappa shape index (κ3) is 3.34. The molecule has 9 heavy (non-hydrogen) atoms. The third-order valence-electron chi connectivity index (χ3n) is 1.44. The molecule has 0 heterocycles. The number of rotatable bonds is 1. The molecule has 0 radical (unpaired) electrons. The van der Waals surface area contributed by atoms with E-state index < -0.39 is 5.54 Å². The standard InChI is InChI=1S/C6H12N2.ClH/c1-5(2)6(3,8)4-7;/h5H,8H2,1-3H3;1H. The summed E-state index contributed by atoms with van der Waals surface area (Å²) in [6, 6.07) is 2.02. The molecule has 1 unspecified atom stereocenters. The lowest BCUT2D eigenvalue weighted by atomic mass is 9.92. The fraction of sp³-hybridized carbons (Fsp3) is 0.833. The van der Waals surface area contributed by atoms with Crippen molar-refractivity contribution in [3.63, 3.8) is 0 Å².